The van der Waals surface area contributed by atoms with Crippen molar-refractivity contribution < 1.29 is 22.4 Å². The van der Waals surface area contributed by atoms with Gasteiger partial charge in [-0.15, -0.1) is 0 Å². The standard InChI is InChI=1S/C20H26O5S/c1-2-3-10-26(22,23)25-18-8-5-7-17(13-18)24-20-9-4-6-16-11-15(14-21)12-19(16)20/h4,6,8-9,13,15,21H,2-3,5,7,10-12,14H2,1H3. The summed E-state index contributed by atoms with van der Waals surface area (Å²) in [6.07, 6.45) is 7.91. The van der Waals surface area contributed by atoms with Gasteiger partial charge < -0.3 is 14.0 Å². The molecule has 5 nitrogen and oxygen atoms in total. The number of unbranched alkanes of at least 4 members (excludes halogenated alkanes) is 1. The third-order valence-corrected chi connectivity index (χ3v) is 5.98. The molecule has 0 saturated carbocycles. The van der Waals surface area contributed by atoms with Gasteiger partial charge in [0.05, 0.1) is 5.75 Å². The van der Waals surface area contributed by atoms with Crippen molar-refractivity contribution in [3.05, 3.63) is 53.0 Å². The van der Waals surface area contributed by atoms with E-state index in [-0.39, 0.29) is 18.3 Å². The van der Waals surface area contributed by atoms with Gasteiger partial charge >= 0.3 is 10.1 Å². The number of hydrogen-bond donors (Lipinski definition) is 1. The molecule has 2 aliphatic carbocycles. The molecule has 0 fully saturated rings. The lowest BCUT2D eigenvalue weighted by Crippen LogP contribution is -2.12. The van der Waals surface area contributed by atoms with Crippen LogP contribution in [0.3, 0.4) is 0 Å². The van der Waals surface area contributed by atoms with Gasteiger partial charge in [-0.2, -0.15) is 8.42 Å². The van der Waals surface area contributed by atoms with Gasteiger partial charge in [-0.1, -0.05) is 25.5 Å². The quantitative estimate of drug-likeness (QED) is 0.701. The SMILES string of the molecule is CCCCS(=O)(=O)OC1=CCCC(Oc2cccc3c2CC(CO)C3)=C1. The van der Waals surface area contributed by atoms with Crippen LogP contribution < -0.4 is 4.74 Å². The number of aliphatic hydroxyl groups is 1. The molecule has 26 heavy (non-hydrogen) atoms. The van der Waals surface area contributed by atoms with Crippen LogP contribution in [0.25, 0.3) is 0 Å². The van der Waals surface area contributed by atoms with Crippen LogP contribution in [-0.2, 0) is 27.1 Å². The fourth-order valence-electron chi connectivity index (χ4n) is 3.37. The van der Waals surface area contributed by atoms with Crippen molar-refractivity contribution in [2.75, 3.05) is 12.4 Å². The summed E-state index contributed by atoms with van der Waals surface area (Å²) in [5.41, 5.74) is 2.35. The zero-order valence-electron chi connectivity index (χ0n) is 15.1. The topological polar surface area (TPSA) is 72.8 Å². The average Bonchev–Trinajstić information content (AvgIpc) is 3.04. The Morgan fingerprint density at radius 2 is 2.12 bits per heavy atom. The molecule has 0 aromatic heterocycles. The summed E-state index contributed by atoms with van der Waals surface area (Å²) < 4.78 is 35.3. The van der Waals surface area contributed by atoms with Crippen LogP contribution in [0.15, 0.2) is 41.9 Å². The number of rotatable bonds is 8. The predicted molar refractivity (Wildman–Crippen MR) is 100 cm³/mol. The Balaban J connectivity index is 1.71. The molecule has 3 rings (SSSR count). The molecule has 1 aromatic carbocycles. The second-order valence-electron chi connectivity index (χ2n) is 6.91. The summed E-state index contributed by atoms with van der Waals surface area (Å²) in [7, 11) is -3.56. The van der Waals surface area contributed by atoms with Gasteiger partial charge in [0.2, 0.25) is 0 Å². The third kappa shape index (κ3) is 4.68. The first-order valence-electron chi connectivity index (χ1n) is 9.23. The number of aliphatic hydroxyl groups excluding tert-OH is 1. The van der Waals surface area contributed by atoms with Crippen LogP contribution in [0.2, 0.25) is 0 Å². The minimum Gasteiger partial charge on any atom is -0.461 e. The minimum atomic E-state index is -3.56. The Hall–Kier alpha value is -1.79. The smallest absolute Gasteiger partial charge is 0.309 e. The maximum absolute atomic E-state index is 12.0. The number of hydrogen-bond acceptors (Lipinski definition) is 5. The van der Waals surface area contributed by atoms with Crippen molar-refractivity contribution in [2.45, 2.75) is 45.4 Å². The number of ether oxygens (including phenoxy) is 1. The first-order chi connectivity index (χ1) is 12.5. The fourth-order valence-corrected chi connectivity index (χ4v) is 4.50. The molecule has 0 bridgehead atoms. The highest BCUT2D eigenvalue weighted by Crippen LogP contribution is 2.35. The lowest BCUT2D eigenvalue weighted by atomic mass is 10.1. The molecule has 0 spiro atoms. The summed E-state index contributed by atoms with van der Waals surface area (Å²) in [5.74, 6) is 2.11. The van der Waals surface area contributed by atoms with Gasteiger partial charge in [0.15, 0.2) is 0 Å². The second kappa shape index (κ2) is 8.27. The summed E-state index contributed by atoms with van der Waals surface area (Å²) in [5, 5.41) is 9.42. The average molecular weight is 378 g/mol. The number of allylic oxidation sites excluding steroid dienone is 3. The van der Waals surface area contributed by atoms with Crippen LogP contribution in [0.4, 0.5) is 0 Å². The molecule has 1 unspecified atom stereocenters. The van der Waals surface area contributed by atoms with E-state index in [1.807, 2.05) is 19.1 Å². The zero-order valence-corrected chi connectivity index (χ0v) is 15.9. The van der Waals surface area contributed by atoms with E-state index < -0.39 is 10.1 Å². The maximum Gasteiger partial charge on any atom is 0.309 e. The molecular formula is C20H26O5S. The summed E-state index contributed by atoms with van der Waals surface area (Å²) in [6.45, 7) is 2.12. The lowest BCUT2D eigenvalue weighted by Gasteiger charge is -2.17. The van der Waals surface area contributed by atoms with Crippen LogP contribution in [-0.4, -0.2) is 25.9 Å². The molecule has 0 radical (unpaired) electrons. The molecular weight excluding hydrogens is 352 g/mol. The van der Waals surface area contributed by atoms with E-state index in [9.17, 15) is 13.5 Å². The highest BCUT2D eigenvalue weighted by molar-refractivity contribution is 7.86. The van der Waals surface area contributed by atoms with Crippen LogP contribution >= 0.6 is 0 Å². The third-order valence-electron chi connectivity index (χ3n) is 4.74. The fraction of sp³-hybridized carbons (Fsp3) is 0.500. The normalized spacial score (nSPS) is 19.5. The van der Waals surface area contributed by atoms with E-state index in [4.69, 9.17) is 8.92 Å². The van der Waals surface area contributed by atoms with Crippen molar-refractivity contribution >= 4 is 10.1 Å². The van der Waals surface area contributed by atoms with E-state index in [2.05, 4.69) is 6.07 Å². The molecule has 0 aliphatic heterocycles. The van der Waals surface area contributed by atoms with Crippen LogP contribution in [0.1, 0.15) is 43.7 Å². The van der Waals surface area contributed by atoms with Gasteiger partial charge in [0.25, 0.3) is 0 Å². The highest BCUT2D eigenvalue weighted by Gasteiger charge is 2.24. The van der Waals surface area contributed by atoms with Gasteiger partial charge in [-0.3, -0.25) is 0 Å². The molecule has 142 valence electrons. The van der Waals surface area contributed by atoms with Crippen molar-refractivity contribution in [1.29, 1.82) is 0 Å². The Morgan fingerprint density at radius 3 is 2.88 bits per heavy atom. The van der Waals surface area contributed by atoms with Crippen molar-refractivity contribution in [2.24, 2.45) is 5.92 Å². The van der Waals surface area contributed by atoms with Gasteiger partial charge in [0.1, 0.15) is 17.3 Å². The molecule has 0 amide bonds. The number of benzene rings is 1. The van der Waals surface area contributed by atoms with Gasteiger partial charge in [-0.05, 0) is 54.9 Å². The first kappa shape index (κ1) is 19.0. The minimum absolute atomic E-state index is 0.0274. The van der Waals surface area contributed by atoms with E-state index in [1.54, 1.807) is 12.2 Å². The number of fused-ring (bicyclic) bond motifs is 1. The summed E-state index contributed by atoms with van der Waals surface area (Å²) >= 11 is 0. The van der Waals surface area contributed by atoms with Crippen molar-refractivity contribution in [3.63, 3.8) is 0 Å². The Bertz CT molecular complexity index is 807. The maximum atomic E-state index is 12.0. The molecule has 1 atom stereocenters. The molecule has 1 aromatic rings. The summed E-state index contributed by atoms with van der Waals surface area (Å²) in [6, 6.07) is 5.96. The van der Waals surface area contributed by atoms with Gasteiger partial charge in [-0.25, -0.2) is 0 Å². The zero-order chi connectivity index (χ0) is 18.6. The molecule has 0 saturated heterocycles. The Kier molecular flexibility index (Phi) is 6.04. The molecule has 2 aliphatic rings. The lowest BCUT2D eigenvalue weighted by molar-refractivity contribution is 0.232. The summed E-state index contributed by atoms with van der Waals surface area (Å²) in [4.78, 5) is 0. The first-order valence-corrected chi connectivity index (χ1v) is 10.8. The highest BCUT2D eigenvalue weighted by atomic mass is 32.2. The molecule has 0 heterocycles. The van der Waals surface area contributed by atoms with E-state index in [1.165, 1.54) is 5.56 Å². The van der Waals surface area contributed by atoms with Crippen molar-refractivity contribution in [1.82, 2.24) is 0 Å². The second-order valence-corrected chi connectivity index (χ2v) is 8.60. The Morgan fingerprint density at radius 1 is 1.27 bits per heavy atom. The largest absolute Gasteiger partial charge is 0.461 e. The predicted octanol–water partition coefficient (Wildman–Crippen LogP) is 3.48. The van der Waals surface area contributed by atoms with Crippen molar-refractivity contribution in [3.8, 4) is 5.75 Å². The van der Waals surface area contributed by atoms with Crippen LogP contribution in [0, 0.1) is 5.92 Å². The monoisotopic (exact) mass is 378 g/mol. The molecule has 1 N–H and O–H groups in total. The Labute approximate surface area is 155 Å². The van der Waals surface area contributed by atoms with Crippen LogP contribution in [0.5, 0.6) is 5.75 Å². The van der Waals surface area contributed by atoms with Gasteiger partial charge in [0, 0.05) is 19.1 Å². The van der Waals surface area contributed by atoms with E-state index in [0.717, 1.165) is 30.6 Å². The molecule has 6 heteroatoms. The van der Waals surface area contributed by atoms with E-state index in [0.29, 0.717) is 30.8 Å². The van der Waals surface area contributed by atoms with E-state index >= 15 is 0 Å².